The van der Waals surface area contributed by atoms with Crippen molar-refractivity contribution in [1.82, 2.24) is 0 Å². The van der Waals surface area contributed by atoms with Crippen molar-refractivity contribution in [3.63, 3.8) is 0 Å². The van der Waals surface area contributed by atoms with Crippen LogP contribution in [0, 0.1) is 5.41 Å². The van der Waals surface area contributed by atoms with Crippen LogP contribution in [0.1, 0.15) is 37.5 Å². The standard InChI is InChI=1S/C25H18F6I2/c1-23(2,3)16-11-17(32)13-18(21(33)12-16)22-19(24(26,27)28)9-15(10-20(22)25(29,30)31)14-7-5-4-6-8-14/h4-12H,1-3H3. The van der Waals surface area contributed by atoms with Crippen molar-refractivity contribution in [2.24, 2.45) is 5.41 Å². The summed E-state index contributed by atoms with van der Waals surface area (Å²) in [6.45, 7) is 5.77. The van der Waals surface area contributed by atoms with Gasteiger partial charge in [0.05, 0.1) is 14.7 Å². The number of benzene rings is 2. The normalized spacial score (nSPS) is 15.4. The maximum atomic E-state index is 14.2. The highest BCUT2D eigenvalue weighted by atomic mass is 127. The predicted molar refractivity (Wildman–Crippen MR) is 136 cm³/mol. The van der Waals surface area contributed by atoms with Gasteiger partial charge in [0, 0.05) is 14.7 Å². The van der Waals surface area contributed by atoms with Crippen LogP contribution in [0.4, 0.5) is 26.3 Å². The van der Waals surface area contributed by atoms with Gasteiger partial charge in [-0.3, -0.25) is 0 Å². The van der Waals surface area contributed by atoms with Crippen LogP contribution in [0.25, 0.3) is 16.7 Å². The molecule has 1 aliphatic rings. The van der Waals surface area contributed by atoms with E-state index < -0.39 is 29.0 Å². The average Bonchev–Trinajstić information content (AvgIpc) is 2.84. The number of hydrogen-bond acceptors (Lipinski definition) is 0. The van der Waals surface area contributed by atoms with E-state index in [2.05, 4.69) is 5.73 Å². The lowest BCUT2D eigenvalue weighted by molar-refractivity contribution is -0.143. The van der Waals surface area contributed by atoms with Crippen LogP contribution >= 0.6 is 45.2 Å². The van der Waals surface area contributed by atoms with E-state index in [4.69, 9.17) is 0 Å². The molecule has 0 amide bonds. The summed E-state index contributed by atoms with van der Waals surface area (Å²) in [4.78, 5) is 0. The summed E-state index contributed by atoms with van der Waals surface area (Å²) >= 11 is 3.67. The van der Waals surface area contributed by atoms with Crippen LogP contribution in [-0.4, -0.2) is 0 Å². The monoisotopic (exact) mass is 686 g/mol. The maximum absolute atomic E-state index is 14.2. The average molecular weight is 686 g/mol. The van der Waals surface area contributed by atoms with Crippen LogP contribution in [0.15, 0.2) is 73.1 Å². The molecule has 0 unspecified atom stereocenters. The molecule has 1 aliphatic carbocycles. The second-order valence-corrected chi connectivity index (χ2v) is 10.8. The van der Waals surface area contributed by atoms with Gasteiger partial charge < -0.3 is 0 Å². The number of allylic oxidation sites excluding steroid dienone is 5. The molecule has 8 heteroatoms. The van der Waals surface area contributed by atoms with Gasteiger partial charge in [-0.1, -0.05) is 56.8 Å². The van der Waals surface area contributed by atoms with E-state index in [9.17, 15) is 26.3 Å². The first-order valence-electron chi connectivity index (χ1n) is 9.73. The molecule has 0 saturated carbocycles. The van der Waals surface area contributed by atoms with E-state index in [1.807, 2.05) is 43.4 Å². The Morgan fingerprint density at radius 2 is 1.24 bits per heavy atom. The Bertz CT molecular complexity index is 1170. The first-order chi connectivity index (χ1) is 15.1. The second kappa shape index (κ2) is 9.26. The molecule has 0 atom stereocenters. The summed E-state index contributed by atoms with van der Waals surface area (Å²) in [6.07, 6.45) is -6.67. The van der Waals surface area contributed by atoms with Gasteiger partial charge in [-0.2, -0.15) is 26.3 Å². The Kier molecular flexibility index (Phi) is 7.32. The molecule has 0 saturated heterocycles. The van der Waals surface area contributed by atoms with Gasteiger partial charge in [0.1, 0.15) is 0 Å². The van der Waals surface area contributed by atoms with Crippen molar-refractivity contribution in [3.05, 3.63) is 89.8 Å². The molecule has 2 aromatic rings. The minimum Gasteiger partial charge on any atom is -0.166 e. The molecule has 0 radical (unpaired) electrons. The van der Waals surface area contributed by atoms with Crippen LogP contribution in [-0.2, 0) is 12.4 Å². The Hall–Kier alpha value is -1.52. The minimum atomic E-state index is -5.01. The van der Waals surface area contributed by atoms with E-state index in [1.165, 1.54) is 12.1 Å². The highest BCUT2D eigenvalue weighted by Gasteiger charge is 2.43. The van der Waals surface area contributed by atoms with Gasteiger partial charge in [0.15, 0.2) is 0 Å². The number of rotatable bonds is 2. The van der Waals surface area contributed by atoms with Gasteiger partial charge in [-0.05, 0) is 91.6 Å². The number of alkyl halides is 6. The van der Waals surface area contributed by atoms with Gasteiger partial charge >= 0.3 is 12.4 Å². The summed E-state index contributed by atoms with van der Waals surface area (Å²) < 4.78 is 85.9. The molecule has 0 aromatic heterocycles. The lowest BCUT2D eigenvalue weighted by Crippen LogP contribution is -2.17. The molecule has 33 heavy (non-hydrogen) atoms. The van der Waals surface area contributed by atoms with Gasteiger partial charge in [-0.15, -0.1) is 0 Å². The molecule has 0 fully saturated rings. The maximum Gasteiger partial charge on any atom is 0.417 e. The molecule has 2 aromatic carbocycles. The smallest absolute Gasteiger partial charge is 0.166 e. The summed E-state index contributed by atoms with van der Waals surface area (Å²) in [5, 5.41) is 0. The lowest BCUT2D eigenvalue weighted by atomic mass is 9.85. The van der Waals surface area contributed by atoms with Crippen LogP contribution in [0.5, 0.6) is 0 Å². The molecule has 0 spiro atoms. The Balaban J connectivity index is 2.42. The largest absolute Gasteiger partial charge is 0.417 e. The zero-order valence-electron chi connectivity index (χ0n) is 17.7. The van der Waals surface area contributed by atoms with Gasteiger partial charge in [-0.25, -0.2) is 0 Å². The third kappa shape index (κ3) is 5.95. The molecular weight excluding hydrogens is 668 g/mol. The third-order valence-corrected chi connectivity index (χ3v) is 6.45. The molecular formula is C25H18F6I2. The highest BCUT2D eigenvalue weighted by molar-refractivity contribution is 14.1. The number of hydrogen-bond donors (Lipinski definition) is 0. The van der Waals surface area contributed by atoms with Crippen molar-refractivity contribution in [1.29, 1.82) is 0 Å². The summed E-state index contributed by atoms with van der Waals surface area (Å²) in [5.74, 6) is 0. The molecule has 0 aliphatic heterocycles. The third-order valence-electron chi connectivity index (χ3n) is 5.02. The van der Waals surface area contributed by atoms with E-state index in [-0.39, 0.29) is 25.7 Å². The fourth-order valence-corrected chi connectivity index (χ4v) is 4.72. The van der Waals surface area contributed by atoms with E-state index in [0.717, 1.165) is 17.7 Å². The first-order valence-corrected chi connectivity index (χ1v) is 11.9. The van der Waals surface area contributed by atoms with Gasteiger partial charge in [0.25, 0.3) is 0 Å². The molecule has 0 nitrogen and oxygen atoms in total. The zero-order chi connectivity index (χ0) is 24.8. The Morgan fingerprint density at radius 1 is 0.727 bits per heavy atom. The molecule has 0 bridgehead atoms. The van der Waals surface area contributed by atoms with Crippen molar-refractivity contribution in [2.75, 3.05) is 0 Å². The van der Waals surface area contributed by atoms with Crippen LogP contribution in [0.2, 0.25) is 0 Å². The SMILES string of the molecule is CC(C)(C)C1=CC(I)=C=C(c2c(C(F)(F)F)cc(-c3ccccc3)cc2C(F)(F)F)C(I)=C1. The van der Waals surface area contributed by atoms with Crippen molar-refractivity contribution in [2.45, 2.75) is 33.1 Å². The van der Waals surface area contributed by atoms with E-state index >= 15 is 0 Å². The fraction of sp³-hybridized carbons (Fsp3) is 0.240. The van der Waals surface area contributed by atoms with E-state index in [0.29, 0.717) is 3.58 Å². The Morgan fingerprint density at radius 3 is 1.70 bits per heavy atom. The van der Waals surface area contributed by atoms with Crippen molar-refractivity contribution < 1.29 is 26.3 Å². The topological polar surface area (TPSA) is 0 Å². The minimum absolute atomic E-state index is 0.153. The van der Waals surface area contributed by atoms with Gasteiger partial charge in [0.2, 0.25) is 0 Å². The summed E-state index contributed by atoms with van der Waals surface area (Å²) in [6, 6.07) is 9.30. The second-order valence-electron chi connectivity index (χ2n) is 8.50. The Labute approximate surface area is 215 Å². The van der Waals surface area contributed by atoms with E-state index in [1.54, 1.807) is 52.9 Å². The highest BCUT2D eigenvalue weighted by Crippen LogP contribution is 2.48. The predicted octanol–water partition coefficient (Wildman–Crippen LogP) is 10.00. The first kappa shape index (κ1) is 26.1. The van der Waals surface area contributed by atoms with Crippen molar-refractivity contribution >= 4 is 50.8 Å². The van der Waals surface area contributed by atoms with Crippen LogP contribution < -0.4 is 0 Å². The lowest BCUT2D eigenvalue weighted by Gasteiger charge is -2.23. The van der Waals surface area contributed by atoms with Crippen molar-refractivity contribution in [3.8, 4) is 11.1 Å². The van der Waals surface area contributed by atoms with Crippen LogP contribution in [0.3, 0.4) is 0 Å². The summed E-state index contributed by atoms with van der Waals surface area (Å²) in [5.41, 5.74) is -0.492. The quantitative estimate of drug-likeness (QED) is 0.168. The molecule has 174 valence electrons. The molecule has 0 N–H and O–H groups in total. The summed E-state index contributed by atoms with van der Waals surface area (Å²) in [7, 11) is 0. The zero-order valence-corrected chi connectivity index (χ0v) is 22.0. The molecule has 3 rings (SSSR count). The number of halogens is 8. The molecule has 0 heterocycles. The fourth-order valence-electron chi connectivity index (χ4n) is 3.37.